The molecule has 2 aliphatic heterocycles. The molecule has 0 bridgehead atoms. The average molecular weight is 597 g/mol. The zero-order chi connectivity index (χ0) is 30.1. The Morgan fingerprint density at radius 3 is 2.62 bits per heavy atom. The number of hydrogen-bond acceptors (Lipinski definition) is 8. The number of hydrogen-bond donors (Lipinski definition) is 2. The van der Waals surface area contributed by atoms with Crippen LogP contribution in [0.3, 0.4) is 0 Å². The Morgan fingerprint density at radius 2 is 1.93 bits per heavy atom. The molecule has 2 aromatic carbocycles. The highest BCUT2D eigenvalue weighted by Gasteiger charge is 2.34. The van der Waals surface area contributed by atoms with E-state index in [0.29, 0.717) is 17.4 Å². The average Bonchev–Trinajstić information content (AvgIpc) is 3.19. The molecular formula is C30H34ClFN6O4. The van der Waals surface area contributed by atoms with E-state index in [0.717, 1.165) is 37.6 Å². The van der Waals surface area contributed by atoms with Gasteiger partial charge in [-0.05, 0) is 51.3 Å². The quantitative estimate of drug-likeness (QED) is 0.348. The summed E-state index contributed by atoms with van der Waals surface area (Å²) in [6, 6.07) is 8.18. The Bertz CT molecular complexity index is 1510. The molecule has 10 nitrogen and oxygen atoms in total. The van der Waals surface area contributed by atoms with Gasteiger partial charge in [0.1, 0.15) is 22.3 Å². The molecular weight excluding hydrogens is 563 g/mol. The maximum absolute atomic E-state index is 15.2. The van der Waals surface area contributed by atoms with Crippen molar-refractivity contribution in [1.82, 2.24) is 25.1 Å². The van der Waals surface area contributed by atoms with E-state index in [-0.39, 0.29) is 51.8 Å². The van der Waals surface area contributed by atoms with Crippen molar-refractivity contribution < 1.29 is 23.5 Å². The number of carbonyl (C=O) groups excluding carboxylic acids is 2. The van der Waals surface area contributed by atoms with Crippen molar-refractivity contribution in [2.24, 2.45) is 0 Å². The molecule has 3 heterocycles. The van der Waals surface area contributed by atoms with Gasteiger partial charge in [-0.1, -0.05) is 23.7 Å². The van der Waals surface area contributed by atoms with Gasteiger partial charge in [0, 0.05) is 38.3 Å². The normalized spacial score (nSPS) is 17.4. The molecule has 1 fully saturated rings. The molecule has 0 aliphatic carbocycles. The molecule has 1 aromatic heterocycles. The molecule has 5 rings (SSSR count). The van der Waals surface area contributed by atoms with E-state index < -0.39 is 11.7 Å². The third-order valence-electron chi connectivity index (χ3n) is 7.92. The van der Waals surface area contributed by atoms with Crippen molar-refractivity contribution in [3.05, 3.63) is 64.1 Å². The lowest BCUT2D eigenvalue weighted by molar-refractivity contribution is 0.0781. The third-order valence-corrected chi connectivity index (χ3v) is 8.18. The Kier molecular flexibility index (Phi) is 8.51. The van der Waals surface area contributed by atoms with E-state index in [2.05, 4.69) is 39.3 Å². The van der Waals surface area contributed by atoms with Gasteiger partial charge in [-0.15, -0.1) is 0 Å². The SMILES string of the molecule is COc1cc(C(=O)NC2CCN(C(C)C)CC2)c(F)cc1Nc1ncc(Cl)c(Oc2cccc3c2C(=O)N(C)C3C)n1. The van der Waals surface area contributed by atoms with Crippen LogP contribution in [0, 0.1) is 5.82 Å². The molecule has 1 atom stereocenters. The Balaban J connectivity index is 1.33. The fourth-order valence-corrected chi connectivity index (χ4v) is 5.43. The number of methoxy groups -OCH3 is 1. The zero-order valence-corrected chi connectivity index (χ0v) is 25.0. The first-order valence-corrected chi connectivity index (χ1v) is 14.2. The second-order valence-electron chi connectivity index (χ2n) is 10.8. The number of nitrogens with zero attached hydrogens (tertiary/aromatic N) is 4. The van der Waals surface area contributed by atoms with Gasteiger partial charge in [-0.3, -0.25) is 9.59 Å². The summed E-state index contributed by atoms with van der Waals surface area (Å²) >= 11 is 6.33. The molecule has 0 spiro atoms. The van der Waals surface area contributed by atoms with E-state index in [1.54, 1.807) is 24.1 Å². The first-order valence-electron chi connectivity index (χ1n) is 13.9. The van der Waals surface area contributed by atoms with Gasteiger partial charge in [0.25, 0.3) is 11.8 Å². The highest BCUT2D eigenvalue weighted by atomic mass is 35.5. The standard InChI is InChI=1S/C30H34ClFN6O4/c1-16(2)38-11-9-18(10-12-38)34-27(39)20-13-25(41-5)23(14-22(20)32)35-30-33-15-21(31)28(36-30)42-24-8-6-7-19-17(3)37(4)29(40)26(19)24/h6-8,13-18H,9-12H2,1-5H3,(H,34,39)(H,33,35,36). The summed E-state index contributed by atoms with van der Waals surface area (Å²) in [6.45, 7) is 7.99. The third kappa shape index (κ3) is 5.84. The number of nitrogens with one attached hydrogen (secondary N) is 2. The first kappa shape index (κ1) is 29.5. The minimum Gasteiger partial charge on any atom is -0.495 e. The van der Waals surface area contributed by atoms with Crippen molar-refractivity contribution in [3.63, 3.8) is 0 Å². The van der Waals surface area contributed by atoms with Crippen molar-refractivity contribution >= 4 is 35.1 Å². The lowest BCUT2D eigenvalue weighted by atomic mass is 10.0. The highest BCUT2D eigenvalue weighted by molar-refractivity contribution is 6.31. The van der Waals surface area contributed by atoms with Gasteiger partial charge < -0.3 is 29.9 Å². The molecule has 2 amide bonds. The van der Waals surface area contributed by atoms with Crippen LogP contribution in [0.1, 0.15) is 65.9 Å². The summed E-state index contributed by atoms with van der Waals surface area (Å²) in [6.07, 6.45) is 2.94. The Morgan fingerprint density at radius 1 is 1.19 bits per heavy atom. The van der Waals surface area contributed by atoms with Crippen LogP contribution in [0.5, 0.6) is 17.4 Å². The molecule has 2 N–H and O–H groups in total. The van der Waals surface area contributed by atoms with Crippen LogP contribution in [0.2, 0.25) is 5.02 Å². The highest BCUT2D eigenvalue weighted by Crippen LogP contribution is 2.40. The summed E-state index contributed by atoms with van der Waals surface area (Å²) in [5, 5.41) is 5.99. The number of ether oxygens (including phenoxy) is 2. The number of amides is 2. The zero-order valence-electron chi connectivity index (χ0n) is 24.2. The summed E-state index contributed by atoms with van der Waals surface area (Å²) in [7, 11) is 3.15. The van der Waals surface area contributed by atoms with Gasteiger partial charge in [0.2, 0.25) is 11.8 Å². The van der Waals surface area contributed by atoms with Crippen LogP contribution < -0.4 is 20.1 Å². The van der Waals surface area contributed by atoms with Crippen molar-refractivity contribution in [3.8, 4) is 17.4 Å². The van der Waals surface area contributed by atoms with Gasteiger partial charge in [0.05, 0.1) is 36.2 Å². The molecule has 0 radical (unpaired) electrons. The largest absolute Gasteiger partial charge is 0.495 e. The van der Waals surface area contributed by atoms with E-state index in [1.165, 1.54) is 19.4 Å². The van der Waals surface area contributed by atoms with Crippen molar-refractivity contribution in [2.75, 3.05) is 32.6 Å². The van der Waals surface area contributed by atoms with Crippen molar-refractivity contribution in [1.29, 1.82) is 0 Å². The lowest BCUT2D eigenvalue weighted by Gasteiger charge is -2.34. The van der Waals surface area contributed by atoms with Gasteiger partial charge in [-0.2, -0.15) is 4.98 Å². The fraction of sp³-hybridized carbons (Fsp3) is 0.400. The van der Waals surface area contributed by atoms with Crippen LogP contribution in [0.25, 0.3) is 0 Å². The predicted octanol–water partition coefficient (Wildman–Crippen LogP) is 5.56. The summed E-state index contributed by atoms with van der Waals surface area (Å²) in [5.41, 5.74) is 1.37. The molecule has 42 heavy (non-hydrogen) atoms. The summed E-state index contributed by atoms with van der Waals surface area (Å²) in [4.78, 5) is 38.3. The number of halogens is 2. The van der Waals surface area contributed by atoms with Crippen LogP contribution >= 0.6 is 11.6 Å². The number of carbonyl (C=O) groups is 2. The lowest BCUT2D eigenvalue weighted by Crippen LogP contribution is -2.46. The smallest absolute Gasteiger partial charge is 0.258 e. The topological polar surface area (TPSA) is 109 Å². The van der Waals surface area contributed by atoms with E-state index >= 15 is 4.39 Å². The van der Waals surface area contributed by atoms with Crippen LogP contribution in [-0.4, -0.2) is 70.9 Å². The first-order chi connectivity index (χ1) is 20.1. The van der Waals surface area contributed by atoms with Crippen LogP contribution in [0.15, 0.2) is 36.5 Å². The van der Waals surface area contributed by atoms with Gasteiger partial charge in [0.15, 0.2) is 0 Å². The number of rotatable bonds is 8. The molecule has 1 unspecified atom stereocenters. The van der Waals surface area contributed by atoms with E-state index in [4.69, 9.17) is 21.1 Å². The number of anilines is 2. The van der Waals surface area contributed by atoms with E-state index in [1.807, 2.05) is 13.0 Å². The maximum atomic E-state index is 15.2. The molecule has 222 valence electrons. The summed E-state index contributed by atoms with van der Waals surface area (Å²) in [5.74, 6) is -0.792. The minimum absolute atomic E-state index is 0.0107. The van der Waals surface area contributed by atoms with Crippen LogP contribution in [-0.2, 0) is 0 Å². The van der Waals surface area contributed by atoms with Gasteiger partial charge >= 0.3 is 0 Å². The number of fused-ring (bicyclic) bond motifs is 1. The fourth-order valence-electron chi connectivity index (χ4n) is 5.30. The number of benzene rings is 2. The molecule has 0 saturated carbocycles. The minimum atomic E-state index is -0.725. The summed E-state index contributed by atoms with van der Waals surface area (Å²) < 4.78 is 26.7. The Labute approximate surface area is 249 Å². The number of piperidine rings is 1. The molecule has 3 aromatic rings. The van der Waals surface area contributed by atoms with Crippen molar-refractivity contribution in [2.45, 2.75) is 51.7 Å². The maximum Gasteiger partial charge on any atom is 0.258 e. The van der Waals surface area contributed by atoms with Crippen LogP contribution in [0.4, 0.5) is 16.0 Å². The predicted molar refractivity (Wildman–Crippen MR) is 157 cm³/mol. The number of likely N-dealkylation sites (tertiary alicyclic amines) is 1. The second kappa shape index (κ2) is 12.1. The molecule has 2 aliphatic rings. The number of aromatic nitrogens is 2. The Hall–Kier alpha value is -3.96. The molecule has 1 saturated heterocycles. The molecule has 12 heteroatoms. The van der Waals surface area contributed by atoms with Gasteiger partial charge in [-0.25, -0.2) is 9.37 Å². The second-order valence-corrected chi connectivity index (χ2v) is 11.2. The van der Waals surface area contributed by atoms with E-state index in [9.17, 15) is 9.59 Å². The monoisotopic (exact) mass is 596 g/mol.